The van der Waals surface area contributed by atoms with E-state index >= 15 is 0 Å². The third kappa shape index (κ3) is 6.80. The Morgan fingerprint density at radius 2 is 1.76 bits per heavy atom. The van der Waals surface area contributed by atoms with Gasteiger partial charge in [0.2, 0.25) is 13.3 Å². The van der Waals surface area contributed by atoms with E-state index < -0.39 is 7.37 Å². The van der Waals surface area contributed by atoms with Gasteiger partial charge in [0.15, 0.2) is 0 Å². The molecule has 0 spiro atoms. The monoisotopic (exact) mass is 416 g/mol. The molecule has 0 aromatic heterocycles. The number of nitrogens with zero attached hydrogens (tertiary/aromatic N) is 3. The number of nitrogens with one attached hydrogen (secondary N) is 1. The maximum absolute atomic E-state index is 12.1. The first kappa shape index (κ1) is 22.8. The number of hydrogen-bond acceptors (Lipinski definition) is 5. The van der Waals surface area contributed by atoms with Gasteiger partial charge in [0.25, 0.3) is 0 Å². The number of amides is 1. The molecule has 1 unspecified atom stereocenters. The van der Waals surface area contributed by atoms with E-state index in [4.69, 9.17) is 0 Å². The Labute approximate surface area is 172 Å². The third-order valence-corrected chi connectivity index (χ3v) is 6.51. The molecule has 0 fully saturated rings. The fourth-order valence-corrected chi connectivity index (χ4v) is 3.74. The zero-order chi connectivity index (χ0) is 21.3. The van der Waals surface area contributed by atoms with E-state index in [-0.39, 0.29) is 12.1 Å². The van der Waals surface area contributed by atoms with Gasteiger partial charge in [-0.15, -0.1) is 0 Å². The quantitative estimate of drug-likeness (QED) is 0.444. The standard InChI is InChI=1S/C21H29N4O3P/c1-4-21(26)22-14-15-25(5-2)19-12-10-17(11-13-19)23-24-18-8-7-9-20(16-18)29(27,28)6-3/h7-13,16H,4-6,14-15H2,1-3H3,(H,22,26)(H,27,28). The van der Waals surface area contributed by atoms with E-state index in [1.54, 1.807) is 31.2 Å². The summed E-state index contributed by atoms with van der Waals surface area (Å²) >= 11 is 0. The van der Waals surface area contributed by atoms with Crippen LogP contribution in [0.3, 0.4) is 0 Å². The molecule has 156 valence electrons. The van der Waals surface area contributed by atoms with Gasteiger partial charge < -0.3 is 15.1 Å². The maximum Gasteiger partial charge on any atom is 0.229 e. The summed E-state index contributed by atoms with van der Waals surface area (Å²) in [6.45, 7) is 7.75. The van der Waals surface area contributed by atoms with Crippen LogP contribution in [0.15, 0.2) is 58.8 Å². The molecule has 7 nitrogen and oxygen atoms in total. The van der Waals surface area contributed by atoms with Gasteiger partial charge in [-0.2, -0.15) is 10.2 Å². The number of likely N-dealkylation sites (N-methyl/N-ethyl adjacent to an activating group) is 1. The predicted molar refractivity (Wildman–Crippen MR) is 118 cm³/mol. The molecule has 0 radical (unpaired) electrons. The summed E-state index contributed by atoms with van der Waals surface area (Å²) in [5.41, 5.74) is 2.27. The molecule has 0 saturated carbocycles. The average molecular weight is 416 g/mol. The molecule has 0 saturated heterocycles. The molecule has 2 aromatic rings. The lowest BCUT2D eigenvalue weighted by atomic mass is 10.2. The zero-order valence-corrected chi connectivity index (χ0v) is 18.1. The van der Waals surface area contributed by atoms with Crippen molar-refractivity contribution >= 4 is 35.6 Å². The zero-order valence-electron chi connectivity index (χ0n) is 17.2. The number of carbonyl (C=O) groups excluding carboxylic acids is 1. The lowest BCUT2D eigenvalue weighted by Crippen LogP contribution is -2.34. The van der Waals surface area contributed by atoms with Crippen LogP contribution < -0.4 is 15.5 Å². The van der Waals surface area contributed by atoms with E-state index in [2.05, 4.69) is 27.4 Å². The van der Waals surface area contributed by atoms with Gasteiger partial charge >= 0.3 is 0 Å². The molecule has 29 heavy (non-hydrogen) atoms. The maximum atomic E-state index is 12.1. The Hall–Kier alpha value is -2.50. The summed E-state index contributed by atoms with van der Waals surface area (Å²) in [5, 5.41) is 11.7. The Balaban J connectivity index is 2.04. The number of anilines is 1. The van der Waals surface area contributed by atoms with Crippen LogP contribution in [0.5, 0.6) is 0 Å². The highest BCUT2D eigenvalue weighted by atomic mass is 31.2. The molecule has 2 aromatic carbocycles. The number of rotatable bonds is 10. The van der Waals surface area contributed by atoms with Crippen LogP contribution in [0, 0.1) is 0 Å². The van der Waals surface area contributed by atoms with Gasteiger partial charge in [-0.3, -0.25) is 9.36 Å². The minimum atomic E-state index is -3.32. The van der Waals surface area contributed by atoms with Crippen LogP contribution in [-0.4, -0.2) is 36.6 Å². The Bertz CT molecular complexity index is 884. The topological polar surface area (TPSA) is 94.4 Å². The van der Waals surface area contributed by atoms with Crippen molar-refractivity contribution in [3.63, 3.8) is 0 Å². The molecule has 2 N–H and O–H groups in total. The SMILES string of the molecule is CCC(=O)NCCN(CC)c1ccc(N=Nc2cccc(P(=O)(O)CC)c2)cc1. The molecule has 0 aliphatic rings. The first-order valence-corrected chi connectivity index (χ1v) is 11.7. The lowest BCUT2D eigenvalue weighted by molar-refractivity contribution is -0.120. The molecule has 0 bridgehead atoms. The summed E-state index contributed by atoms with van der Waals surface area (Å²) < 4.78 is 12.1. The number of hydrogen-bond donors (Lipinski definition) is 2. The van der Waals surface area contributed by atoms with Gasteiger partial charge in [-0.05, 0) is 49.4 Å². The minimum absolute atomic E-state index is 0.0531. The van der Waals surface area contributed by atoms with Crippen LogP contribution in [0.4, 0.5) is 17.1 Å². The predicted octanol–water partition coefficient (Wildman–Crippen LogP) is 4.37. The summed E-state index contributed by atoms with van der Waals surface area (Å²) in [5.74, 6) is 0.0531. The molecule has 0 aliphatic heterocycles. The third-order valence-electron chi connectivity index (χ3n) is 4.56. The Morgan fingerprint density at radius 1 is 1.07 bits per heavy atom. The summed E-state index contributed by atoms with van der Waals surface area (Å²) in [4.78, 5) is 23.5. The van der Waals surface area contributed by atoms with Crippen molar-refractivity contribution in [1.29, 1.82) is 0 Å². The van der Waals surface area contributed by atoms with Crippen molar-refractivity contribution in [3.05, 3.63) is 48.5 Å². The number of carbonyl (C=O) groups is 1. The molecule has 2 rings (SSSR count). The normalized spacial score (nSPS) is 13.2. The van der Waals surface area contributed by atoms with Gasteiger partial charge in [-0.1, -0.05) is 19.9 Å². The van der Waals surface area contributed by atoms with Crippen LogP contribution in [0.2, 0.25) is 0 Å². The summed E-state index contributed by atoms with van der Waals surface area (Å²) in [7, 11) is -3.32. The van der Waals surface area contributed by atoms with Crippen molar-refractivity contribution in [3.8, 4) is 0 Å². The molecule has 0 aliphatic carbocycles. The fraction of sp³-hybridized carbons (Fsp3) is 0.381. The molecule has 8 heteroatoms. The van der Waals surface area contributed by atoms with E-state index in [9.17, 15) is 14.3 Å². The smallest absolute Gasteiger partial charge is 0.229 e. The second kappa shape index (κ2) is 10.9. The second-order valence-corrected chi connectivity index (χ2v) is 9.09. The highest BCUT2D eigenvalue weighted by Crippen LogP contribution is 2.39. The Kier molecular flexibility index (Phi) is 8.55. The summed E-state index contributed by atoms with van der Waals surface area (Å²) in [6, 6.07) is 14.4. The van der Waals surface area contributed by atoms with Gasteiger partial charge in [0, 0.05) is 43.2 Å². The number of azo groups is 1. The van der Waals surface area contributed by atoms with Crippen LogP contribution in [0.1, 0.15) is 27.2 Å². The highest BCUT2D eigenvalue weighted by Gasteiger charge is 2.18. The van der Waals surface area contributed by atoms with E-state index in [1.165, 1.54) is 0 Å². The van der Waals surface area contributed by atoms with Crippen molar-refractivity contribution in [2.24, 2.45) is 10.2 Å². The van der Waals surface area contributed by atoms with Gasteiger partial charge in [0.05, 0.1) is 11.4 Å². The van der Waals surface area contributed by atoms with Crippen LogP contribution in [-0.2, 0) is 9.36 Å². The molecule has 1 amide bonds. The molecule has 0 heterocycles. The largest absolute Gasteiger partial charge is 0.370 e. The van der Waals surface area contributed by atoms with Gasteiger partial charge in [0.1, 0.15) is 0 Å². The molecular weight excluding hydrogens is 387 g/mol. The molecular formula is C21H29N4O3P. The van der Waals surface area contributed by atoms with Crippen molar-refractivity contribution in [2.75, 3.05) is 30.7 Å². The van der Waals surface area contributed by atoms with Crippen molar-refractivity contribution in [2.45, 2.75) is 27.2 Å². The lowest BCUT2D eigenvalue weighted by Gasteiger charge is -2.23. The average Bonchev–Trinajstić information content (AvgIpc) is 2.75. The first-order chi connectivity index (χ1) is 13.9. The summed E-state index contributed by atoms with van der Waals surface area (Å²) in [6.07, 6.45) is 0.675. The number of benzene rings is 2. The first-order valence-electron chi connectivity index (χ1n) is 9.85. The van der Waals surface area contributed by atoms with Crippen molar-refractivity contribution < 1.29 is 14.3 Å². The van der Waals surface area contributed by atoms with E-state index in [0.717, 1.165) is 18.8 Å². The second-order valence-electron chi connectivity index (χ2n) is 6.54. The minimum Gasteiger partial charge on any atom is -0.370 e. The van der Waals surface area contributed by atoms with Crippen LogP contribution in [0.25, 0.3) is 0 Å². The van der Waals surface area contributed by atoms with E-state index in [1.807, 2.05) is 31.2 Å². The van der Waals surface area contributed by atoms with Crippen molar-refractivity contribution in [1.82, 2.24) is 5.32 Å². The van der Waals surface area contributed by atoms with Crippen LogP contribution >= 0.6 is 7.37 Å². The fourth-order valence-electron chi connectivity index (χ4n) is 2.73. The highest BCUT2D eigenvalue weighted by molar-refractivity contribution is 7.66. The van der Waals surface area contributed by atoms with Gasteiger partial charge in [-0.25, -0.2) is 0 Å². The Morgan fingerprint density at radius 3 is 2.38 bits per heavy atom. The molecule has 1 atom stereocenters. The van der Waals surface area contributed by atoms with E-state index in [0.29, 0.717) is 29.6 Å².